The third-order valence-electron chi connectivity index (χ3n) is 3.65. The largest absolute Gasteiger partial charge is 0.391 e. The van der Waals surface area contributed by atoms with Crippen LogP contribution in [0.25, 0.3) is 0 Å². The van der Waals surface area contributed by atoms with E-state index in [9.17, 15) is 4.79 Å². The Bertz CT molecular complexity index is 539. The van der Waals surface area contributed by atoms with Crippen LogP contribution in [0.4, 0.5) is 10.5 Å². The molecule has 4 nitrogen and oxygen atoms in total. The highest BCUT2D eigenvalue weighted by molar-refractivity contribution is 7.80. The number of carbonyl (C=O) groups is 1. The van der Waals surface area contributed by atoms with E-state index in [1.807, 2.05) is 0 Å². The van der Waals surface area contributed by atoms with Gasteiger partial charge in [0.2, 0.25) is 0 Å². The van der Waals surface area contributed by atoms with Crippen LogP contribution in [0, 0.1) is 0 Å². The third-order valence-corrected chi connectivity index (χ3v) is 4.48. The molecule has 2 amide bonds. The number of anilines is 1. The number of nitrogens with one attached hydrogen (secondary N) is 2. The Balaban J connectivity index is 2.07. The van der Waals surface area contributed by atoms with E-state index in [1.54, 1.807) is 18.2 Å². The summed E-state index contributed by atoms with van der Waals surface area (Å²) in [5, 5.41) is 6.55. The molecule has 1 aromatic carbocycles. The summed E-state index contributed by atoms with van der Waals surface area (Å²) >= 11 is 17.0. The fraction of sp³-hybridized carbons (Fsp3) is 0.429. The zero-order valence-corrected chi connectivity index (χ0v) is 13.7. The van der Waals surface area contributed by atoms with Crippen molar-refractivity contribution < 1.29 is 4.79 Å². The highest BCUT2D eigenvalue weighted by Gasteiger charge is 2.36. The molecular formula is C14H17Cl2N3OS. The van der Waals surface area contributed by atoms with Gasteiger partial charge in [0.25, 0.3) is 0 Å². The van der Waals surface area contributed by atoms with Gasteiger partial charge in [-0.15, -0.1) is 0 Å². The zero-order chi connectivity index (χ0) is 15.5. The molecule has 0 bridgehead atoms. The summed E-state index contributed by atoms with van der Waals surface area (Å²) < 4.78 is 0. The van der Waals surface area contributed by atoms with Crippen molar-refractivity contribution in [3.05, 3.63) is 28.2 Å². The van der Waals surface area contributed by atoms with Gasteiger partial charge < -0.3 is 16.4 Å². The van der Waals surface area contributed by atoms with Crippen molar-refractivity contribution in [1.29, 1.82) is 0 Å². The molecule has 0 unspecified atom stereocenters. The Hall–Kier alpha value is -1.04. The maximum Gasteiger partial charge on any atom is 0.320 e. The topological polar surface area (TPSA) is 67.1 Å². The van der Waals surface area contributed by atoms with Gasteiger partial charge in [0.15, 0.2) is 0 Å². The first-order valence-electron chi connectivity index (χ1n) is 6.76. The van der Waals surface area contributed by atoms with E-state index in [2.05, 4.69) is 10.6 Å². The number of hydrogen-bond acceptors (Lipinski definition) is 2. The number of halogens is 2. The average Bonchev–Trinajstić information content (AvgIpc) is 2.37. The van der Waals surface area contributed by atoms with Gasteiger partial charge in [-0.05, 0) is 31.0 Å². The Morgan fingerprint density at radius 1 is 1.14 bits per heavy atom. The Kier molecular flexibility index (Phi) is 5.30. The van der Waals surface area contributed by atoms with Gasteiger partial charge in [-0.3, -0.25) is 0 Å². The molecule has 114 valence electrons. The van der Waals surface area contributed by atoms with Crippen LogP contribution >= 0.6 is 35.4 Å². The van der Waals surface area contributed by atoms with E-state index >= 15 is 0 Å². The van der Waals surface area contributed by atoms with Crippen molar-refractivity contribution in [3.63, 3.8) is 0 Å². The Labute approximate surface area is 139 Å². The van der Waals surface area contributed by atoms with Crippen LogP contribution in [0.2, 0.25) is 10.0 Å². The van der Waals surface area contributed by atoms with Gasteiger partial charge >= 0.3 is 6.03 Å². The highest BCUT2D eigenvalue weighted by Crippen LogP contribution is 2.29. The molecule has 1 fully saturated rings. The molecule has 1 aliphatic rings. The Morgan fingerprint density at radius 3 is 2.24 bits per heavy atom. The summed E-state index contributed by atoms with van der Waals surface area (Å²) in [5.74, 6) is 0. The summed E-state index contributed by atoms with van der Waals surface area (Å²) in [5.41, 5.74) is 5.77. The minimum Gasteiger partial charge on any atom is -0.391 e. The minimum atomic E-state index is -0.597. The van der Waals surface area contributed by atoms with Crippen LogP contribution < -0.4 is 16.4 Å². The smallest absolute Gasteiger partial charge is 0.320 e. The number of carbonyl (C=O) groups excluding carboxylic acids is 1. The van der Waals surface area contributed by atoms with E-state index in [4.69, 9.17) is 41.2 Å². The molecule has 4 N–H and O–H groups in total. The molecule has 1 aromatic rings. The molecule has 0 heterocycles. The number of thiocarbonyl (C=S) groups is 1. The van der Waals surface area contributed by atoms with Crippen molar-refractivity contribution in [2.45, 2.75) is 37.6 Å². The summed E-state index contributed by atoms with van der Waals surface area (Å²) in [4.78, 5) is 12.5. The molecule has 2 rings (SSSR count). The number of amides is 2. The molecule has 1 aliphatic carbocycles. The van der Waals surface area contributed by atoms with Crippen LogP contribution in [0.5, 0.6) is 0 Å². The average molecular weight is 346 g/mol. The number of rotatable bonds is 3. The number of urea groups is 1. The molecule has 0 radical (unpaired) electrons. The molecule has 7 heteroatoms. The van der Waals surface area contributed by atoms with Crippen molar-refractivity contribution in [3.8, 4) is 0 Å². The second-order valence-electron chi connectivity index (χ2n) is 5.24. The summed E-state index contributed by atoms with van der Waals surface area (Å²) in [6.07, 6.45) is 4.68. The number of hydrogen-bond donors (Lipinski definition) is 3. The van der Waals surface area contributed by atoms with Gasteiger partial charge in [0, 0.05) is 15.7 Å². The molecular weight excluding hydrogens is 329 g/mol. The lowest BCUT2D eigenvalue weighted by atomic mass is 9.81. The van der Waals surface area contributed by atoms with Gasteiger partial charge in [0.1, 0.15) is 0 Å². The van der Waals surface area contributed by atoms with Gasteiger partial charge in [-0.2, -0.15) is 0 Å². The molecule has 0 aromatic heterocycles. The summed E-state index contributed by atoms with van der Waals surface area (Å²) in [7, 11) is 0. The first-order chi connectivity index (χ1) is 9.91. The lowest BCUT2D eigenvalue weighted by Gasteiger charge is -2.37. The molecule has 0 atom stereocenters. The number of benzene rings is 1. The van der Waals surface area contributed by atoms with Crippen LogP contribution in [0.3, 0.4) is 0 Å². The first kappa shape index (κ1) is 16.3. The zero-order valence-electron chi connectivity index (χ0n) is 11.4. The first-order valence-corrected chi connectivity index (χ1v) is 7.93. The van der Waals surface area contributed by atoms with Gasteiger partial charge in [-0.1, -0.05) is 54.7 Å². The molecule has 0 aliphatic heterocycles. The lowest BCUT2D eigenvalue weighted by Crippen LogP contribution is -2.58. The van der Waals surface area contributed by atoms with E-state index in [0.29, 0.717) is 20.7 Å². The Morgan fingerprint density at radius 2 is 1.71 bits per heavy atom. The summed E-state index contributed by atoms with van der Waals surface area (Å²) in [6.45, 7) is 0. The second kappa shape index (κ2) is 6.81. The maximum absolute atomic E-state index is 12.2. The standard InChI is InChI=1S/C14H17Cl2N3OS/c15-9-6-10(16)8-11(7-9)18-13(20)19-14(12(17)21)4-2-1-3-5-14/h6-8H,1-5H2,(H2,17,21)(H2,18,19,20). The SMILES string of the molecule is NC(=S)C1(NC(=O)Nc2cc(Cl)cc(Cl)c2)CCCCC1. The lowest BCUT2D eigenvalue weighted by molar-refractivity contribution is 0.236. The highest BCUT2D eigenvalue weighted by atomic mass is 35.5. The predicted octanol–water partition coefficient (Wildman–Crippen LogP) is 4.10. The predicted molar refractivity (Wildman–Crippen MR) is 91.2 cm³/mol. The van der Waals surface area contributed by atoms with E-state index in [0.717, 1.165) is 32.1 Å². The normalized spacial score (nSPS) is 17.0. The molecule has 21 heavy (non-hydrogen) atoms. The quantitative estimate of drug-likeness (QED) is 0.722. The minimum absolute atomic E-state index is 0.335. The van der Waals surface area contributed by atoms with Crippen molar-refractivity contribution >= 4 is 52.1 Å². The van der Waals surface area contributed by atoms with Crippen LogP contribution in [-0.4, -0.2) is 16.6 Å². The van der Waals surface area contributed by atoms with E-state index in [-0.39, 0.29) is 6.03 Å². The molecule has 0 spiro atoms. The fourth-order valence-corrected chi connectivity index (χ4v) is 3.38. The van der Waals surface area contributed by atoms with Gasteiger partial charge in [-0.25, -0.2) is 4.79 Å². The van der Waals surface area contributed by atoms with E-state index in [1.165, 1.54) is 0 Å². The van der Waals surface area contributed by atoms with Crippen LogP contribution in [0.15, 0.2) is 18.2 Å². The van der Waals surface area contributed by atoms with Crippen LogP contribution in [-0.2, 0) is 0 Å². The third kappa shape index (κ3) is 4.22. The molecule has 1 saturated carbocycles. The van der Waals surface area contributed by atoms with Crippen molar-refractivity contribution in [1.82, 2.24) is 5.32 Å². The van der Waals surface area contributed by atoms with Crippen molar-refractivity contribution in [2.24, 2.45) is 5.73 Å². The molecule has 0 saturated heterocycles. The monoisotopic (exact) mass is 345 g/mol. The number of nitrogens with two attached hydrogens (primary N) is 1. The fourth-order valence-electron chi connectivity index (χ4n) is 2.59. The van der Waals surface area contributed by atoms with Crippen LogP contribution in [0.1, 0.15) is 32.1 Å². The summed E-state index contributed by atoms with van der Waals surface area (Å²) in [6, 6.07) is 4.50. The van der Waals surface area contributed by atoms with Gasteiger partial charge in [0.05, 0.1) is 10.5 Å². The maximum atomic E-state index is 12.2. The van der Waals surface area contributed by atoms with E-state index < -0.39 is 5.54 Å². The van der Waals surface area contributed by atoms with Crippen molar-refractivity contribution in [2.75, 3.05) is 5.32 Å². The second-order valence-corrected chi connectivity index (χ2v) is 6.56.